The number of aromatic nitrogens is 3. The van der Waals surface area contributed by atoms with Crippen molar-refractivity contribution in [3.63, 3.8) is 0 Å². The summed E-state index contributed by atoms with van der Waals surface area (Å²) in [7, 11) is 1.48. The van der Waals surface area contributed by atoms with Crippen LogP contribution in [0.3, 0.4) is 0 Å². The van der Waals surface area contributed by atoms with Gasteiger partial charge in [0.25, 0.3) is 0 Å². The van der Waals surface area contributed by atoms with Crippen molar-refractivity contribution < 1.29 is 4.74 Å². The van der Waals surface area contributed by atoms with Crippen LogP contribution in [0.15, 0.2) is 15.9 Å². The topological polar surface area (TPSA) is 59.9 Å². The number of nitrogens with zero attached hydrogens (tertiary/aromatic N) is 3. The lowest BCUT2D eigenvalue weighted by Gasteiger charge is -2.04. The van der Waals surface area contributed by atoms with Gasteiger partial charge in [-0.25, -0.2) is 0 Å². The summed E-state index contributed by atoms with van der Waals surface area (Å²) in [6.45, 7) is 0.625. The first-order valence-electron chi connectivity index (χ1n) is 4.61. The number of anilines is 1. The van der Waals surface area contributed by atoms with E-state index in [0.29, 0.717) is 12.5 Å². The van der Waals surface area contributed by atoms with Crippen molar-refractivity contribution in [3.8, 4) is 6.01 Å². The first-order chi connectivity index (χ1) is 8.17. The molecule has 17 heavy (non-hydrogen) atoms. The molecule has 2 aromatic heterocycles. The lowest BCUT2D eigenvalue weighted by molar-refractivity contribution is 0.379. The Hall–Kier alpha value is -0.920. The average Bonchev–Trinajstić information content (AvgIpc) is 2.72. The first kappa shape index (κ1) is 12.5. The van der Waals surface area contributed by atoms with Crippen LogP contribution in [0, 0.1) is 0 Å². The van der Waals surface area contributed by atoms with Crippen molar-refractivity contribution in [2.45, 2.75) is 6.54 Å². The second-order valence-electron chi connectivity index (χ2n) is 2.97. The van der Waals surface area contributed by atoms with E-state index in [2.05, 4.69) is 36.2 Å². The molecule has 0 radical (unpaired) electrons. The Balaban J connectivity index is 2.05. The lowest BCUT2D eigenvalue weighted by atomic mass is 10.5. The second kappa shape index (κ2) is 5.61. The van der Waals surface area contributed by atoms with Crippen molar-refractivity contribution in [2.24, 2.45) is 0 Å². The number of ether oxygens (including phenoxy) is 1. The number of hydrogen-bond acceptors (Lipinski definition) is 6. The lowest BCUT2D eigenvalue weighted by Crippen LogP contribution is -2.05. The molecule has 0 fully saturated rings. The quantitative estimate of drug-likeness (QED) is 0.931. The predicted molar refractivity (Wildman–Crippen MR) is 70.7 cm³/mol. The van der Waals surface area contributed by atoms with Crippen LogP contribution in [-0.4, -0.2) is 22.1 Å². The molecule has 1 N–H and O–H groups in total. The van der Waals surface area contributed by atoms with Gasteiger partial charge in [0.1, 0.15) is 0 Å². The molecule has 0 aromatic carbocycles. The highest BCUT2D eigenvalue weighted by Crippen LogP contribution is 2.22. The molecule has 0 aliphatic heterocycles. The van der Waals surface area contributed by atoms with E-state index in [1.807, 2.05) is 12.1 Å². The van der Waals surface area contributed by atoms with Crippen LogP contribution in [0.1, 0.15) is 4.88 Å². The zero-order valence-corrected chi connectivity index (χ0v) is 11.9. The van der Waals surface area contributed by atoms with Crippen molar-refractivity contribution in [1.82, 2.24) is 15.0 Å². The molecule has 0 aliphatic rings. The van der Waals surface area contributed by atoms with Crippen LogP contribution in [0.2, 0.25) is 5.28 Å². The molecule has 0 saturated heterocycles. The van der Waals surface area contributed by atoms with E-state index in [-0.39, 0.29) is 11.3 Å². The number of thiophene rings is 1. The summed E-state index contributed by atoms with van der Waals surface area (Å²) in [5, 5.41) is 3.16. The van der Waals surface area contributed by atoms with Gasteiger partial charge in [0.15, 0.2) is 0 Å². The summed E-state index contributed by atoms with van der Waals surface area (Å²) < 4.78 is 5.98. The molecule has 2 aromatic rings. The Bertz CT molecular complexity index is 521. The molecule has 2 rings (SSSR count). The van der Waals surface area contributed by atoms with Gasteiger partial charge in [0, 0.05) is 4.88 Å². The third kappa shape index (κ3) is 3.52. The number of hydrogen-bond donors (Lipinski definition) is 1. The van der Waals surface area contributed by atoms with E-state index >= 15 is 0 Å². The molecule has 0 bridgehead atoms. The van der Waals surface area contributed by atoms with E-state index in [1.54, 1.807) is 11.3 Å². The minimum Gasteiger partial charge on any atom is -0.467 e. The molecular weight excluding hydrogens is 328 g/mol. The maximum Gasteiger partial charge on any atom is 0.322 e. The number of nitrogens with one attached hydrogen (secondary N) is 1. The summed E-state index contributed by atoms with van der Waals surface area (Å²) >= 11 is 10.8. The molecule has 90 valence electrons. The van der Waals surface area contributed by atoms with Crippen LogP contribution in [-0.2, 0) is 6.54 Å². The van der Waals surface area contributed by atoms with Crippen LogP contribution >= 0.6 is 38.9 Å². The van der Waals surface area contributed by atoms with Gasteiger partial charge in [-0.2, -0.15) is 15.0 Å². The number of methoxy groups -OCH3 is 1. The van der Waals surface area contributed by atoms with E-state index in [9.17, 15) is 0 Å². The zero-order valence-electron chi connectivity index (χ0n) is 8.78. The Morgan fingerprint density at radius 2 is 2.24 bits per heavy atom. The zero-order chi connectivity index (χ0) is 12.3. The minimum absolute atomic E-state index is 0.103. The fourth-order valence-electron chi connectivity index (χ4n) is 1.12. The van der Waals surface area contributed by atoms with E-state index in [0.717, 1.165) is 8.66 Å². The first-order valence-corrected chi connectivity index (χ1v) is 6.60. The molecule has 0 saturated carbocycles. The van der Waals surface area contributed by atoms with Crippen molar-refractivity contribution in [1.29, 1.82) is 0 Å². The molecule has 0 aliphatic carbocycles. The highest BCUT2D eigenvalue weighted by molar-refractivity contribution is 9.11. The summed E-state index contributed by atoms with van der Waals surface area (Å²) in [6.07, 6.45) is 0. The summed E-state index contributed by atoms with van der Waals surface area (Å²) in [5.74, 6) is 0.395. The molecule has 0 unspecified atom stereocenters. The fraction of sp³-hybridized carbons (Fsp3) is 0.222. The molecule has 2 heterocycles. The predicted octanol–water partition coefficient (Wildman–Crippen LogP) is 2.97. The molecular formula is C9H8BrClN4OS. The average molecular weight is 336 g/mol. The Kier molecular flexibility index (Phi) is 4.14. The monoisotopic (exact) mass is 334 g/mol. The highest BCUT2D eigenvalue weighted by Gasteiger charge is 2.05. The Morgan fingerprint density at radius 1 is 1.41 bits per heavy atom. The fourth-order valence-corrected chi connectivity index (χ4v) is 2.69. The van der Waals surface area contributed by atoms with Crippen LogP contribution in [0.4, 0.5) is 5.95 Å². The van der Waals surface area contributed by atoms with E-state index in [1.165, 1.54) is 7.11 Å². The van der Waals surface area contributed by atoms with E-state index in [4.69, 9.17) is 16.3 Å². The highest BCUT2D eigenvalue weighted by atomic mass is 79.9. The van der Waals surface area contributed by atoms with Gasteiger partial charge in [0.2, 0.25) is 11.2 Å². The SMILES string of the molecule is COc1nc(Cl)nc(NCc2ccc(Br)s2)n1. The van der Waals surface area contributed by atoms with Crippen LogP contribution in [0.5, 0.6) is 6.01 Å². The van der Waals surface area contributed by atoms with Crippen LogP contribution in [0.25, 0.3) is 0 Å². The van der Waals surface area contributed by atoms with Gasteiger partial charge >= 0.3 is 6.01 Å². The summed E-state index contributed by atoms with van der Waals surface area (Å²) in [6, 6.07) is 4.20. The molecule has 0 amide bonds. The molecule has 5 nitrogen and oxygen atoms in total. The van der Waals surface area contributed by atoms with Gasteiger partial charge in [0.05, 0.1) is 17.4 Å². The third-order valence-electron chi connectivity index (χ3n) is 1.82. The summed E-state index contributed by atoms with van der Waals surface area (Å²) in [5.41, 5.74) is 0. The second-order valence-corrected chi connectivity index (χ2v) is 5.86. The number of rotatable bonds is 4. The Labute approximate surface area is 115 Å². The standard InChI is InChI=1S/C9H8BrClN4OS/c1-16-9-14-7(11)13-8(15-9)12-4-5-2-3-6(10)17-5/h2-3H,4H2,1H3,(H,12,13,14,15). The van der Waals surface area contributed by atoms with Crippen LogP contribution < -0.4 is 10.1 Å². The van der Waals surface area contributed by atoms with E-state index < -0.39 is 0 Å². The Morgan fingerprint density at radius 3 is 2.88 bits per heavy atom. The van der Waals surface area contributed by atoms with Crippen molar-refractivity contribution in [3.05, 3.63) is 26.1 Å². The largest absolute Gasteiger partial charge is 0.467 e. The molecule has 8 heteroatoms. The normalized spacial score (nSPS) is 10.3. The third-order valence-corrected chi connectivity index (χ3v) is 3.61. The minimum atomic E-state index is 0.103. The van der Waals surface area contributed by atoms with Gasteiger partial charge in [-0.15, -0.1) is 11.3 Å². The maximum absolute atomic E-state index is 5.73. The number of halogens is 2. The van der Waals surface area contributed by atoms with Gasteiger partial charge < -0.3 is 10.1 Å². The van der Waals surface area contributed by atoms with Gasteiger partial charge in [-0.1, -0.05) is 0 Å². The van der Waals surface area contributed by atoms with Gasteiger partial charge in [-0.05, 0) is 39.7 Å². The maximum atomic E-state index is 5.73. The summed E-state index contributed by atoms with van der Waals surface area (Å²) in [4.78, 5) is 12.9. The molecule has 0 spiro atoms. The smallest absolute Gasteiger partial charge is 0.322 e. The molecule has 0 atom stereocenters. The van der Waals surface area contributed by atoms with Gasteiger partial charge in [-0.3, -0.25) is 0 Å². The van der Waals surface area contributed by atoms with Crippen molar-refractivity contribution >= 4 is 44.8 Å². The van der Waals surface area contributed by atoms with Crippen molar-refractivity contribution in [2.75, 3.05) is 12.4 Å².